The molecule has 0 nitrogen and oxygen atoms in total. The van der Waals surface area contributed by atoms with E-state index < -0.39 is 20.8 Å². The van der Waals surface area contributed by atoms with Crippen molar-refractivity contribution in [3.63, 3.8) is 0 Å². The Morgan fingerprint density at radius 3 is 2.04 bits per heavy atom. The van der Waals surface area contributed by atoms with Gasteiger partial charge in [0.2, 0.25) is 0 Å². The predicted molar refractivity (Wildman–Crippen MR) is 119 cm³/mol. The molecule has 0 heterocycles. The Morgan fingerprint density at radius 2 is 1.52 bits per heavy atom. The zero-order valence-electron chi connectivity index (χ0n) is 17.2. The summed E-state index contributed by atoms with van der Waals surface area (Å²) in [7, 11) is 9.87. The maximum absolute atomic E-state index is 4.93. The van der Waals surface area contributed by atoms with Crippen molar-refractivity contribution in [1.82, 2.24) is 0 Å². The minimum atomic E-state index is -0.826. The topological polar surface area (TPSA) is 0 Å². The summed E-state index contributed by atoms with van der Waals surface area (Å²) in [4.78, 5) is 0. The first kappa shape index (κ1) is 22.8. The molecule has 3 aromatic carbocycles. The summed E-state index contributed by atoms with van der Waals surface area (Å²) < 4.78 is 0. The molecular weight excluding hydrogens is 450 g/mol. The van der Waals surface area contributed by atoms with Crippen LogP contribution in [0.15, 0.2) is 42.5 Å². The summed E-state index contributed by atoms with van der Waals surface area (Å²) in [5.41, 5.74) is 8.39. The average molecular weight is 480 g/mol. The van der Waals surface area contributed by atoms with Crippen LogP contribution in [0.4, 0.5) is 0 Å². The van der Waals surface area contributed by atoms with Crippen molar-refractivity contribution in [2.24, 2.45) is 5.92 Å². The fourth-order valence-electron chi connectivity index (χ4n) is 3.87. The van der Waals surface area contributed by atoms with Gasteiger partial charge in [0, 0.05) is 0 Å². The van der Waals surface area contributed by atoms with Gasteiger partial charge >= 0.3 is 37.9 Å². The monoisotopic (exact) mass is 477 g/mol. The predicted octanol–water partition coefficient (Wildman–Crippen LogP) is 8.54. The molecule has 0 fully saturated rings. The number of aryl methyl sites for hydroxylation is 2. The quantitative estimate of drug-likeness (QED) is 0.329. The molecule has 0 aliphatic rings. The van der Waals surface area contributed by atoms with Crippen molar-refractivity contribution in [3.8, 4) is 11.1 Å². The number of hydrogen-bond donors (Lipinski definition) is 0. The Hall–Kier alpha value is -0.487. The normalized spacial score (nSPS) is 11.0. The van der Waals surface area contributed by atoms with E-state index in [0.717, 1.165) is 6.42 Å². The summed E-state index contributed by atoms with van der Waals surface area (Å²) in [5.74, 6) is 1.21. The van der Waals surface area contributed by atoms with Gasteiger partial charge in [-0.2, -0.15) is 6.07 Å². The number of hydrogen-bond acceptors (Lipinski definition) is 0. The number of fused-ring (bicyclic) bond motifs is 1. The molecule has 0 saturated carbocycles. The van der Waals surface area contributed by atoms with E-state index in [4.69, 9.17) is 17.0 Å². The average Bonchev–Trinajstić information content (AvgIpc) is 2.94. The van der Waals surface area contributed by atoms with Crippen molar-refractivity contribution in [1.29, 1.82) is 0 Å². The maximum atomic E-state index is 4.93. The van der Waals surface area contributed by atoms with Crippen molar-refractivity contribution in [3.05, 3.63) is 64.7 Å². The molecule has 0 amide bonds. The van der Waals surface area contributed by atoms with Crippen LogP contribution in [-0.2, 0) is 27.3 Å². The third-order valence-electron chi connectivity index (χ3n) is 4.76. The van der Waals surface area contributed by atoms with Crippen molar-refractivity contribution in [2.75, 3.05) is 0 Å². The van der Waals surface area contributed by atoms with E-state index in [2.05, 4.69) is 84.0 Å². The molecule has 0 N–H and O–H groups in total. The molecule has 0 saturated heterocycles. The van der Waals surface area contributed by atoms with E-state index >= 15 is 0 Å². The van der Waals surface area contributed by atoms with Crippen LogP contribution >= 0.6 is 17.0 Å². The van der Waals surface area contributed by atoms with Crippen LogP contribution in [-0.4, -0.2) is 0 Å². The van der Waals surface area contributed by atoms with Crippen LogP contribution in [0.5, 0.6) is 0 Å². The van der Waals surface area contributed by atoms with E-state index in [0.29, 0.717) is 11.8 Å². The summed E-state index contributed by atoms with van der Waals surface area (Å²) in [6, 6.07) is 16.4. The molecule has 3 heteroatoms. The van der Waals surface area contributed by atoms with E-state index in [-0.39, 0.29) is 0 Å². The van der Waals surface area contributed by atoms with E-state index in [1.165, 1.54) is 44.2 Å². The fourth-order valence-corrected chi connectivity index (χ4v) is 3.87. The van der Waals surface area contributed by atoms with Gasteiger partial charge < -0.3 is 0 Å². The molecule has 0 aliphatic heterocycles. The summed E-state index contributed by atoms with van der Waals surface area (Å²) >= 11 is -0.826. The van der Waals surface area contributed by atoms with E-state index in [1.807, 2.05) is 0 Å². The Bertz CT molecular complexity index is 871. The number of benzene rings is 2. The SMILES string of the molecule is Cc1cc(C)cc(-c2c(C(C)C)ccc3[cH-]c(CC(C)C)cc23)c1.[Cl][Zr][Cl]. The summed E-state index contributed by atoms with van der Waals surface area (Å²) in [5, 5.41) is 2.80. The molecule has 0 atom stereocenters. The Morgan fingerprint density at radius 1 is 0.926 bits per heavy atom. The molecular formula is C24H29Cl2Zr-. The van der Waals surface area contributed by atoms with Crippen LogP contribution in [0.25, 0.3) is 21.9 Å². The zero-order chi connectivity index (χ0) is 20.1. The third kappa shape index (κ3) is 5.99. The van der Waals surface area contributed by atoms with Gasteiger partial charge in [-0.3, -0.25) is 0 Å². The molecule has 0 bridgehead atoms. The first-order chi connectivity index (χ1) is 12.8. The number of rotatable bonds is 4. The van der Waals surface area contributed by atoms with Crippen LogP contribution in [0, 0.1) is 19.8 Å². The second-order valence-corrected chi connectivity index (χ2v) is 11.8. The molecule has 144 valence electrons. The molecule has 0 unspecified atom stereocenters. The zero-order valence-corrected chi connectivity index (χ0v) is 21.1. The number of halogens is 2. The van der Waals surface area contributed by atoms with E-state index in [1.54, 1.807) is 0 Å². The fraction of sp³-hybridized carbons (Fsp3) is 0.375. The molecule has 3 aromatic rings. The minimum absolute atomic E-state index is 0.522. The molecule has 0 aromatic heterocycles. The van der Waals surface area contributed by atoms with Gasteiger partial charge in [0.05, 0.1) is 0 Å². The van der Waals surface area contributed by atoms with E-state index in [9.17, 15) is 0 Å². The molecule has 3 rings (SSSR count). The van der Waals surface area contributed by atoms with Crippen LogP contribution in [0.3, 0.4) is 0 Å². The van der Waals surface area contributed by atoms with Crippen LogP contribution in [0.2, 0.25) is 0 Å². The molecule has 0 radical (unpaired) electrons. The summed E-state index contributed by atoms with van der Waals surface area (Å²) in [6.07, 6.45) is 1.15. The van der Waals surface area contributed by atoms with Crippen molar-refractivity contribution in [2.45, 2.75) is 53.9 Å². The Kier molecular flexibility index (Phi) is 8.73. The van der Waals surface area contributed by atoms with Gasteiger partial charge in [-0.25, -0.2) is 0 Å². The standard InChI is InChI=1S/C24H29.2ClH.Zr/c1-15(2)9-19-13-20-7-8-22(16(3)4)24(23(20)14-19)21-11-17(5)10-18(6)12-21;;;/h7-8,10-16H,9H2,1-6H3;2*1H;/q-1;;;+2/p-2. The van der Waals surface area contributed by atoms with Gasteiger partial charge in [-0.15, -0.1) is 34.5 Å². The van der Waals surface area contributed by atoms with Gasteiger partial charge in [0.15, 0.2) is 0 Å². The molecule has 0 spiro atoms. The van der Waals surface area contributed by atoms with Gasteiger partial charge in [0.1, 0.15) is 0 Å². The molecule has 27 heavy (non-hydrogen) atoms. The second-order valence-electron chi connectivity index (χ2n) is 8.10. The van der Waals surface area contributed by atoms with Crippen molar-refractivity contribution < 1.29 is 20.8 Å². The van der Waals surface area contributed by atoms with Gasteiger partial charge in [0.25, 0.3) is 0 Å². The molecule has 0 aliphatic carbocycles. The van der Waals surface area contributed by atoms with Crippen LogP contribution in [0.1, 0.15) is 55.9 Å². The Balaban J connectivity index is 0.000000817. The second kappa shape index (κ2) is 10.3. The van der Waals surface area contributed by atoms with Crippen molar-refractivity contribution >= 4 is 27.8 Å². The van der Waals surface area contributed by atoms with Gasteiger partial charge in [-0.1, -0.05) is 68.1 Å². The first-order valence-corrected chi connectivity index (χ1v) is 15.9. The Labute approximate surface area is 183 Å². The van der Waals surface area contributed by atoms with Crippen LogP contribution < -0.4 is 0 Å². The third-order valence-corrected chi connectivity index (χ3v) is 4.76. The summed E-state index contributed by atoms with van der Waals surface area (Å²) in [6.45, 7) is 13.6. The first-order valence-electron chi connectivity index (χ1n) is 9.54. The van der Waals surface area contributed by atoms with Gasteiger partial charge in [-0.05, 0) is 37.7 Å².